The van der Waals surface area contributed by atoms with Crippen molar-refractivity contribution in [2.75, 3.05) is 25.6 Å². The summed E-state index contributed by atoms with van der Waals surface area (Å²) in [6.45, 7) is 8.21. The highest BCUT2D eigenvalue weighted by Crippen LogP contribution is 2.40. The first-order valence-electron chi connectivity index (χ1n) is 14.3. The Kier molecular flexibility index (Phi) is 10.8. The van der Waals surface area contributed by atoms with E-state index in [9.17, 15) is 14.4 Å². The molecule has 0 bridgehead atoms. The van der Waals surface area contributed by atoms with Crippen molar-refractivity contribution in [2.24, 2.45) is 11.0 Å². The number of methoxy groups -OCH3 is 1. The number of benzene rings is 2. The summed E-state index contributed by atoms with van der Waals surface area (Å²) >= 11 is 1.44. The molecule has 4 rings (SSSR count). The normalized spacial score (nSPS) is 14.9. The molecule has 3 aromatic rings. The Morgan fingerprint density at radius 2 is 1.86 bits per heavy atom. The predicted molar refractivity (Wildman–Crippen MR) is 166 cm³/mol. The van der Waals surface area contributed by atoms with Crippen LogP contribution in [-0.4, -0.2) is 50.4 Å². The van der Waals surface area contributed by atoms with Gasteiger partial charge in [-0.15, -0.1) is 11.3 Å². The third-order valence-electron chi connectivity index (χ3n) is 6.89. The topological polar surface area (TPSA) is 125 Å². The van der Waals surface area contributed by atoms with Gasteiger partial charge in [-0.05, 0) is 99.5 Å². The Morgan fingerprint density at radius 1 is 1.09 bits per heavy atom. The van der Waals surface area contributed by atoms with Gasteiger partial charge in [-0.1, -0.05) is 6.92 Å². The van der Waals surface area contributed by atoms with Crippen LogP contribution in [0.4, 0.5) is 5.00 Å². The van der Waals surface area contributed by atoms with Crippen LogP contribution in [-0.2, 0) is 22.4 Å². The second kappa shape index (κ2) is 14.7. The van der Waals surface area contributed by atoms with E-state index in [0.29, 0.717) is 45.9 Å². The molecule has 0 fully saturated rings. The predicted octanol–water partition coefficient (Wildman–Crippen LogP) is 5.63. The van der Waals surface area contributed by atoms with Crippen LogP contribution in [0, 0.1) is 5.92 Å². The molecule has 228 valence electrons. The van der Waals surface area contributed by atoms with Crippen molar-refractivity contribution in [1.82, 2.24) is 5.43 Å². The summed E-state index contributed by atoms with van der Waals surface area (Å²) in [4.78, 5) is 39.5. The van der Waals surface area contributed by atoms with Crippen LogP contribution < -0.4 is 25.0 Å². The van der Waals surface area contributed by atoms with Crippen LogP contribution in [0.1, 0.15) is 70.8 Å². The van der Waals surface area contributed by atoms with Crippen molar-refractivity contribution >= 4 is 40.3 Å². The number of hydrogen-bond acceptors (Lipinski definition) is 9. The molecule has 0 aliphatic heterocycles. The summed E-state index contributed by atoms with van der Waals surface area (Å²) in [5, 5.41) is 7.43. The molecule has 2 aromatic carbocycles. The van der Waals surface area contributed by atoms with Crippen molar-refractivity contribution < 1.29 is 33.3 Å². The van der Waals surface area contributed by atoms with Crippen LogP contribution in [0.5, 0.6) is 17.2 Å². The van der Waals surface area contributed by atoms with Crippen LogP contribution in [0.15, 0.2) is 47.6 Å². The van der Waals surface area contributed by atoms with Crippen molar-refractivity contribution in [2.45, 2.75) is 53.1 Å². The van der Waals surface area contributed by atoms with Gasteiger partial charge in [0, 0.05) is 10.4 Å². The fourth-order valence-corrected chi connectivity index (χ4v) is 6.07. The lowest BCUT2D eigenvalue weighted by Crippen LogP contribution is -2.33. The van der Waals surface area contributed by atoms with E-state index in [1.165, 1.54) is 17.6 Å². The van der Waals surface area contributed by atoms with E-state index in [-0.39, 0.29) is 12.5 Å². The van der Waals surface area contributed by atoms with Gasteiger partial charge in [-0.2, -0.15) is 5.10 Å². The number of nitrogens with one attached hydrogen (secondary N) is 2. The Labute approximate surface area is 255 Å². The molecule has 1 heterocycles. The van der Waals surface area contributed by atoms with Gasteiger partial charge >= 0.3 is 5.97 Å². The summed E-state index contributed by atoms with van der Waals surface area (Å²) < 4.78 is 21.9. The maximum atomic E-state index is 13.1. The average Bonchev–Trinajstić information content (AvgIpc) is 3.35. The molecule has 0 saturated carbocycles. The minimum Gasteiger partial charge on any atom is -0.493 e. The lowest BCUT2D eigenvalue weighted by Gasteiger charge is -2.18. The molecule has 0 spiro atoms. The summed E-state index contributed by atoms with van der Waals surface area (Å²) in [6, 6.07) is 11.8. The van der Waals surface area contributed by atoms with E-state index in [2.05, 4.69) is 22.8 Å². The summed E-state index contributed by atoms with van der Waals surface area (Å²) in [6.07, 6.45) is 3.30. The zero-order valence-corrected chi connectivity index (χ0v) is 25.8. The minimum absolute atomic E-state index is 0.259. The van der Waals surface area contributed by atoms with E-state index < -0.39 is 18.0 Å². The fourth-order valence-electron chi connectivity index (χ4n) is 4.68. The first-order valence-corrected chi connectivity index (χ1v) is 15.1. The number of rotatable bonds is 12. The van der Waals surface area contributed by atoms with Gasteiger partial charge < -0.3 is 24.3 Å². The number of anilines is 1. The highest BCUT2D eigenvalue weighted by atomic mass is 32.1. The molecule has 1 aliphatic carbocycles. The molecule has 10 nitrogen and oxygen atoms in total. The Bertz CT molecular complexity index is 1480. The average molecular weight is 608 g/mol. The molecule has 1 aliphatic rings. The second-order valence-corrected chi connectivity index (χ2v) is 11.2. The van der Waals surface area contributed by atoms with Crippen molar-refractivity contribution in [3.8, 4) is 17.2 Å². The number of ether oxygens (including phenoxy) is 4. The zero-order chi connectivity index (χ0) is 30.9. The highest BCUT2D eigenvalue weighted by Gasteiger charge is 2.29. The number of esters is 1. The lowest BCUT2D eigenvalue weighted by atomic mass is 9.88. The highest BCUT2D eigenvalue weighted by molar-refractivity contribution is 7.17. The fraction of sp³-hybridized carbons (Fsp3) is 0.375. The molecular weight excluding hydrogens is 570 g/mol. The number of hydrogen-bond donors (Lipinski definition) is 2. The first-order chi connectivity index (χ1) is 20.7. The van der Waals surface area contributed by atoms with E-state index in [1.807, 2.05) is 6.92 Å². The molecule has 2 amide bonds. The Morgan fingerprint density at radius 3 is 2.56 bits per heavy atom. The van der Waals surface area contributed by atoms with E-state index in [1.54, 1.807) is 63.4 Å². The summed E-state index contributed by atoms with van der Waals surface area (Å²) in [5.74, 6) is 0.911. The smallest absolute Gasteiger partial charge is 0.341 e. The third kappa shape index (κ3) is 7.92. The van der Waals surface area contributed by atoms with Crippen LogP contribution >= 0.6 is 11.3 Å². The molecule has 0 unspecified atom stereocenters. The Balaban J connectivity index is 1.35. The minimum atomic E-state index is -0.848. The Hall–Kier alpha value is -4.38. The third-order valence-corrected chi connectivity index (χ3v) is 8.06. The van der Waals surface area contributed by atoms with E-state index >= 15 is 0 Å². The monoisotopic (exact) mass is 607 g/mol. The molecule has 2 atom stereocenters. The molecule has 0 radical (unpaired) electrons. The van der Waals surface area contributed by atoms with Crippen molar-refractivity contribution in [1.29, 1.82) is 0 Å². The van der Waals surface area contributed by atoms with Crippen molar-refractivity contribution in [3.63, 3.8) is 0 Å². The molecule has 0 saturated heterocycles. The number of thiophene rings is 1. The molecule has 43 heavy (non-hydrogen) atoms. The standard InChI is InChI=1S/C32H37N3O7S/c1-6-40-25-15-9-21(17-26(25)39-5)18-33-35-29(36)20(4)42-23-12-10-22(11-13-23)30(37)34-31-28(32(38)41-7-2)24-14-8-19(3)16-27(24)43-31/h9-13,15,17-20H,6-8,14,16H2,1-5H3,(H,34,37)(H,35,36)/b33-18-/t19-,20-/m1/s1. The van der Waals surface area contributed by atoms with Gasteiger partial charge in [0.15, 0.2) is 17.6 Å². The van der Waals surface area contributed by atoms with Gasteiger partial charge in [0.2, 0.25) is 0 Å². The molecular formula is C32H37N3O7S. The molecule has 11 heteroatoms. The first kappa shape index (κ1) is 31.6. The van der Waals surface area contributed by atoms with Crippen LogP contribution in [0.2, 0.25) is 0 Å². The van der Waals surface area contributed by atoms with E-state index in [0.717, 1.165) is 35.3 Å². The SMILES string of the molecule is CCOC(=O)c1c(NC(=O)c2ccc(O[C@H](C)C(=O)N/N=C\c3ccc(OCC)c(OC)c3)cc2)sc2c1CC[C@@H](C)C2. The van der Waals surface area contributed by atoms with Gasteiger partial charge in [0.05, 0.1) is 32.1 Å². The number of amides is 2. The number of carbonyl (C=O) groups excluding carboxylic acids is 3. The maximum Gasteiger partial charge on any atom is 0.341 e. The van der Waals surface area contributed by atoms with Crippen LogP contribution in [0.25, 0.3) is 0 Å². The molecule has 1 aromatic heterocycles. The van der Waals surface area contributed by atoms with Gasteiger partial charge in [0.25, 0.3) is 11.8 Å². The maximum absolute atomic E-state index is 13.1. The second-order valence-electron chi connectivity index (χ2n) is 10.1. The lowest BCUT2D eigenvalue weighted by molar-refractivity contribution is -0.127. The largest absolute Gasteiger partial charge is 0.493 e. The number of nitrogens with zero attached hydrogens (tertiary/aromatic N) is 1. The van der Waals surface area contributed by atoms with E-state index in [4.69, 9.17) is 18.9 Å². The zero-order valence-electron chi connectivity index (χ0n) is 25.0. The quantitative estimate of drug-likeness (QED) is 0.155. The molecule has 2 N–H and O–H groups in total. The number of carbonyl (C=O) groups is 3. The van der Waals surface area contributed by atoms with Gasteiger partial charge in [0.1, 0.15) is 10.8 Å². The summed E-state index contributed by atoms with van der Waals surface area (Å²) in [5.41, 5.74) is 5.01. The number of fused-ring (bicyclic) bond motifs is 1. The number of hydrazone groups is 1. The van der Waals surface area contributed by atoms with Gasteiger partial charge in [-0.25, -0.2) is 10.2 Å². The van der Waals surface area contributed by atoms with Crippen molar-refractivity contribution in [3.05, 3.63) is 69.6 Å². The summed E-state index contributed by atoms with van der Waals surface area (Å²) in [7, 11) is 1.55. The van der Waals surface area contributed by atoms with Crippen LogP contribution in [0.3, 0.4) is 0 Å². The van der Waals surface area contributed by atoms with Gasteiger partial charge in [-0.3, -0.25) is 9.59 Å².